The number of hydrogen-bond donors (Lipinski definition) is 1. The molecule has 304 valence electrons. The highest BCUT2D eigenvalue weighted by Crippen LogP contribution is 2.14. The van der Waals surface area contributed by atoms with Crippen molar-refractivity contribution < 1.29 is 24.2 Å². The van der Waals surface area contributed by atoms with Crippen LogP contribution in [0, 0.1) is 0 Å². The number of esters is 2. The molecule has 5 nitrogen and oxygen atoms in total. The highest BCUT2D eigenvalue weighted by Gasteiger charge is 2.16. The molecule has 5 heteroatoms. The van der Waals surface area contributed by atoms with Gasteiger partial charge in [-0.05, 0) is 77.0 Å². The normalized spacial score (nSPS) is 12.9. The van der Waals surface area contributed by atoms with E-state index in [2.05, 4.69) is 86.8 Å². The molecule has 0 bridgehead atoms. The summed E-state index contributed by atoms with van der Waals surface area (Å²) in [4.78, 5) is 24.3. The Morgan fingerprint density at radius 1 is 0.453 bits per heavy atom. The van der Waals surface area contributed by atoms with E-state index in [1.54, 1.807) is 0 Å². The number of carbonyl (C=O) groups is 2. The third kappa shape index (κ3) is 42.0. The molecule has 0 saturated carbocycles. The standard InChI is InChI=1S/C48H82O5/c1-3-5-7-9-11-13-15-17-19-20-21-22-23-24-25-26-27-28-29-31-33-35-37-39-41-43-48(51)53-46(44-49)45-52-47(50)42-40-38-36-34-32-30-18-16-14-12-10-8-6-4-2/h5,7,10-13,16-19,21-22,46,49H,3-4,6,8-9,14-15,20,23-45H2,1-2H3/b7-5-,12-10-,13-11-,18-16-,19-17-,22-21-. The van der Waals surface area contributed by atoms with Gasteiger partial charge in [0, 0.05) is 12.8 Å². The summed E-state index contributed by atoms with van der Waals surface area (Å²) in [5, 5.41) is 9.58. The van der Waals surface area contributed by atoms with Gasteiger partial charge in [-0.25, -0.2) is 0 Å². The molecule has 0 radical (unpaired) electrons. The maximum absolute atomic E-state index is 12.2. The molecule has 0 aromatic carbocycles. The fourth-order valence-corrected chi connectivity index (χ4v) is 5.91. The minimum absolute atomic E-state index is 0.0762. The van der Waals surface area contributed by atoms with E-state index in [0.29, 0.717) is 12.8 Å². The van der Waals surface area contributed by atoms with Crippen LogP contribution in [0.3, 0.4) is 0 Å². The SMILES string of the molecule is CC/C=C\C/C=C\C/C=C\C/C=C\CCCCCCCCCCCCCCC(=O)OC(CO)COC(=O)CCCCCCC/C=C\C/C=C\CCCC. The predicted molar refractivity (Wildman–Crippen MR) is 228 cm³/mol. The zero-order valence-corrected chi connectivity index (χ0v) is 34.5. The van der Waals surface area contributed by atoms with Crippen LogP contribution in [0.4, 0.5) is 0 Å². The lowest BCUT2D eigenvalue weighted by Crippen LogP contribution is -2.28. The Hall–Kier alpha value is -2.66. The molecule has 0 aromatic heterocycles. The Labute approximate surface area is 327 Å². The lowest BCUT2D eigenvalue weighted by molar-refractivity contribution is -0.161. The quantitative estimate of drug-likeness (QED) is 0.0386. The third-order valence-electron chi connectivity index (χ3n) is 9.23. The van der Waals surface area contributed by atoms with Crippen molar-refractivity contribution in [1.82, 2.24) is 0 Å². The molecular formula is C48H82O5. The first-order valence-electron chi connectivity index (χ1n) is 22.0. The van der Waals surface area contributed by atoms with E-state index < -0.39 is 6.10 Å². The van der Waals surface area contributed by atoms with Gasteiger partial charge >= 0.3 is 11.9 Å². The zero-order chi connectivity index (χ0) is 38.6. The van der Waals surface area contributed by atoms with E-state index in [9.17, 15) is 14.7 Å². The van der Waals surface area contributed by atoms with Crippen molar-refractivity contribution in [3.8, 4) is 0 Å². The maximum Gasteiger partial charge on any atom is 0.306 e. The van der Waals surface area contributed by atoms with Crippen molar-refractivity contribution in [2.75, 3.05) is 13.2 Å². The average molecular weight is 739 g/mol. The highest BCUT2D eigenvalue weighted by atomic mass is 16.6. The molecule has 0 aliphatic heterocycles. The van der Waals surface area contributed by atoms with Gasteiger partial charge < -0.3 is 14.6 Å². The molecule has 0 aromatic rings. The fourth-order valence-electron chi connectivity index (χ4n) is 5.91. The number of allylic oxidation sites excluding steroid dienone is 12. The van der Waals surface area contributed by atoms with Gasteiger partial charge in [-0.3, -0.25) is 9.59 Å². The van der Waals surface area contributed by atoms with Crippen molar-refractivity contribution in [3.05, 3.63) is 72.9 Å². The van der Waals surface area contributed by atoms with Crippen LogP contribution in [0.15, 0.2) is 72.9 Å². The number of unbranched alkanes of at least 4 members (excludes halogenated alkanes) is 19. The summed E-state index contributed by atoms with van der Waals surface area (Å²) in [5.74, 6) is -0.611. The maximum atomic E-state index is 12.2. The van der Waals surface area contributed by atoms with E-state index in [0.717, 1.165) is 77.0 Å². The summed E-state index contributed by atoms with van der Waals surface area (Å²) in [7, 11) is 0. The minimum atomic E-state index is -0.781. The second-order valence-electron chi connectivity index (χ2n) is 14.4. The van der Waals surface area contributed by atoms with Crippen LogP contribution >= 0.6 is 0 Å². The molecule has 0 saturated heterocycles. The topological polar surface area (TPSA) is 72.8 Å². The summed E-state index contributed by atoms with van der Waals surface area (Å²) < 4.78 is 10.6. The number of aliphatic hydroxyl groups excluding tert-OH is 1. The molecule has 0 amide bonds. The first-order chi connectivity index (χ1) is 26.1. The van der Waals surface area contributed by atoms with Crippen molar-refractivity contribution in [3.63, 3.8) is 0 Å². The Kier molecular flexibility index (Phi) is 41.5. The van der Waals surface area contributed by atoms with Gasteiger partial charge in [0.05, 0.1) is 6.61 Å². The van der Waals surface area contributed by atoms with E-state index >= 15 is 0 Å². The monoisotopic (exact) mass is 739 g/mol. The molecule has 1 unspecified atom stereocenters. The van der Waals surface area contributed by atoms with Crippen LogP contribution in [0.1, 0.15) is 200 Å². The van der Waals surface area contributed by atoms with Crippen LogP contribution in [-0.4, -0.2) is 36.4 Å². The number of ether oxygens (including phenoxy) is 2. The van der Waals surface area contributed by atoms with Gasteiger partial charge in [0.1, 0.15) is 6.61 Å². The van der Waals surface area contributed by atoms with Crippen molar-refractivity contribution in [1.29, 1.82) is 0 Å². The summed E-state index contributed by atoms with van der Waals surface area (Å²) in [6, 6.07) is 0. The Balaban J connectivity index is 3.54. The summed E-state index contributed by atoms with van der Waals surface area (Å²) in [5.41, 5.74) is 0. The predicted octanol–water partition coefficient (Wildman–Crippen LogP) is 14.1. The fraction of sp³-hybridized carbons (Fsp3) is 0.708. The van der Waals surface area contributed by atoms with Crippen molar-refractivity contribution >= 4 is 11.9 Å². The lowest BCUT2D eigenvalue weighted by atomic mass is 10.0. The van der Waals surface area contributed by atoms with Crippen LogP contribution in [0.2, 0.25) is 0 Å². The first kappa shape index (κ1) is 50.3. The molecule has 0 aliphatic rings. The number of aliphatic hydroxyl groups is 1. The Bertz CT molecular complexity index is 972. The third-order valence-corrected chi connectivity index (χ3v) is 9.23. The van der Waals surface area contributed by atoms with Crippen molar-refractivity contribution in [2.24, 2.45) is 0 Å². The second kappa shape index (κ2) is 43.7. The molecule has 0 rings (SSSR count). The average Bonchev–Trinajstić information content (AvgIpc) is 3.16. The molecule has 0 fully saturated rings. The van der Waals surface area contributed by atoms with Gasteiger partial charge in [0.15, 0.2) is 6.10 Å². The summed E-state index contributed by atoms with van der Waals surface area (Å²) >= 11 is 0. The van der Waals surface area contributed by atoms with Crippen LogP contribution < -0.4 is 0 Å². The first-order valence-corrected chi connectivity index (χ1v) is 22.0. The highest BCUT2D eigenvalue weighted by molar-refractivity contribution is 5.70. The molecule has 0 aliphatic carbocycles. The van der Waals surface area contributed by atoms with Gasteiger partial charge in [0.2, 0.25) is 0 Å². The second-order valence-corrected chi connectivity index (χ2v) is 14.4. The van der Waals surface area contributed by atoms with E-state index in [-0.39, 0.29) is 25.2 Å². The van der Waals surface area contributed by atoms with Gasteiger partial charge in [0.25, 0.3) is 0 Å². The summed E-state index contributed by atoms with van der Waals surface area (Å²) in [6.45, 7) is 3.97. The summed E-state index contributed by atoms with van der Waals surface area (Å²) in [6.07, 6.45) is 58.3. The largest absolute Gasteiger partial charge is 0.462 e. The van der Waals surface area contributed by atoms with Gasteiger partial charge in [-0.1, -0.05) is 183 Å². The smallest absolute Gasteiger partial charge is 0.306 e. The molecule has 1 atom stereocenters. The number of carbonyl (C=O) groups excluding carboxylic acids is 2. The molecule has 0 spiro atoms. The Morgan fingerprint density at radius 2 is 0.811 bits per heavy atom. The van der Waals surface area contributed by atoms with Crippen LogP contribution in [0.5, 0.6) is 0 Å². The minimum Gasteiger partial charge on any atom is -0.462 e. The zero-order valence-electron chi connectivity index (χ0n) is 34.5. The van der Waals surface area contributed by atoms with Crippen molar-refractivity contribution in [2.45, 2.75) is 206 Å². The number of rotatable bonds is 39. The van der Waals surface area contributed by atoms with Gasteiger partial charge in [-0.2, -0.15) is 0 Å². The van der Waals surface area contributed by atoms with E-state index in [4.69, 9.17) is 9.47 Å². The molecule has 0 heterocycles. The van der Waals surface area contributed by atoms with Crippen LogP contribution in [-0.2, 0) is 19.1 Å². The molecular weight excluding hydrogens is 657 g/mol. The van der Waals surface area contributed by atoms with Crippen LogP contribution in [0.25, 0.3) is 0 Å². The lowest BCUT2D eigenvalue weighted by Gasteiger charge is -2.15. The molecule has 53 heavy (non-hydrogen) atoms. The van der Waals surface area contributed by atoms with E-state index in [1.807, 2.05) is 0 Å². The number of hydrogen-bond acceptors (Lipinski definition) is 5. The molecule has 1 N–H and O–H groups in total. The van der Waals surface area contributed by atoms with E-state index in [1.165, 1.54) is 96.3 Å². The Morgan fingerprint density at radius 3 is 1.23 bits per heavy atom. The van der Waals surface area contributed by atoms with Gasteiger partial charge in [-0.15, -0.1) is 0 Å².